The summed E-state index contributed by atoms with van der Waals surface area (Å²) in [5.74, 6) is -0.593. The summed E-state index contributed by atoms with van der Waals surface area (Å²) in [4.78, 5) is 29.2. The van der Waals surface area contributed by atoms with Crippen molar-refractivity contribution in [3.8, 4) is 0 Å². The molecular formula is C20H16ClN3O2S. The van der Waals surface area contributed by atoms with Crippen LogP contribution in [0.2, 0.25) is 5.02 Å². The van der Waals surface area contributed by atoms with Crippen molar-refractivity contribution in [2.75, 3.05) is 10.6 Å². The van der Waals surface area contributed by atoms with E-state index in [1.54, 1.807) is 37.3 Å². The van der Waals surface area contributed by atoms with Gasteiger partial charge in [-0.05, 0) is 42.8 Å². The molecule has 0 spiro atoms. The van der Waals surface area contributed by atoms with E-state index in [1.807, 2.05) is 30.3 Å². The third-order valence-electron chi connectivity index (χ3n) is 3.56. The van der Waals surface area contributed by atoms with Gasteiger partial charge in [0.05, 0.1) is 5.69 Å². The van der Waals surface area contributed by atoms with E-state index in [-0.39, 0.29) is 11.8 Å². The minimum atomic E-state index is -0.308. The number of anilines is 2. The molecule has 0 fully saturated rings. The predicted molar refractivity (Wildman–Crippen MR) is 110 cm³/mol. The fourth-order valence-corrected chi connectivity index (χ4v) is 3.26. The van der Waals surface area contributed by atoms with Crippen LogP contribution in [0.3, 0.4) is 0 Å². The highest BCUT2D eigenvalue weighted by atomic mass is 35.5. The zero-order valence-electron chi connectivity index (χ0n) is 14.4. The van der Waals surface area contributed by atoms with Gasteiger partial charge in [-0.1, -0.05) is 53.3 Å². The zero-order valence-corrected chi connectivity index (χ0v) is 16.0. The predicted octanol–water partition coefficient (Wildman–Crippen LogP) is 5.01. The minimum absolute atomic E-state index is 0.285. The van der Waals surface area contributed by atoms with E-state index in [4.69, 9.17) is 11.6 Å². The van der Waals surface area contributed by atoms with Crippen LogP contribution in [0, 0.1) is 6.92 Å². The monoisotopic (exact) mass is 397 g/mol. The zero-order chi connectivity index (χ0) is 19.2. The van der Waals surface area contributed by atoms with Crippen LogP contribution in [0.25, 0.3) is 6.08 Å². The maximum absolute atomic E-state index is 12.4. The number of carbonyl (C=O) groups is 2. The van der Waals surface area contributed by atoms with Crippen LogP contribution in [-0.4, -0.2) is 16.8 Å². The van der Waals surface area contributed by atoms with Gasteiger partial charge in [0.15, 0.2) is 5.13 Å². The van der Waals surface area contributed by atoms with Gasteiger partial charge in [0, 0.05) is 16.8 Å². The summed E-state index contributed by atoms with van der Waals surface area (Å²) in [6.07, 6.45) is 3.14. The van der Waals surface area contributed by atoms with Crippen molar-refractivity contribution in [1.29, 1.82) is 0 Å². The molecule has 0 saturated carbocycles. The molecule has 7 heteroatoms. The molecule has 0 unspecified atom stereocenters. The van der Waals surface area contributed by atoms with Gasteiger partial charge < -0.3 is 5.32 Å². The van der Waals surface area contributed by atoms with Crippen molar-refractivity contribution >= 4 is 51.6 Å². The first-order valence-corrected chi connectivity index (χ1v) is 9.29. The minimum Gasteiger partial charge on any atom is -0.321 e. The van der Waals surface area contributed by atoms with E-state index in [0.29, 0.717) is 26.4 Å². The molecule has 0 aliphatic carbocycles. The Balaban J connectivity index is 1.65. The Labute approximate surface area is 165 Å². The Kier molecular flexibility index (Phi) is 6.01. The average Bonchev–Trinajstić information content (AvgIpc) is 3.03. The first-order chi connectivity index (χ1) is 13.0. The second kappa shape index (κ2) is 8.62. The summed E-state index contributed by atoms with van der Waals surface area (Å²) in [5.41, 5.74) is 2.10. The fourth-order valence-electron chi connectivity index (χ4n) is 2.26. The smallest absolute Gasteiger partial charge is 0.267 e. The van der Waals surface area contributed by atoms with Crippen molar-refractivity contribution in [2.24, 2.45) is 0 Å². The third kappa shape index (κ3) is 5.26. The number of carbonyl (C=O) groups excluding carboxylic acids is 2. The van der Waals surface area contributed by atoms with E-state index < -0.39 is 0 Å². The SMILES string of the molecule is Cc1nc(NC(=O)/C=C/c2ccccc2)sc1C(=O)Nc1ccc(Cl)cc1. The summed E-state index contributed by atoms with van der Waals surface area (Å²) in [6.45, 7) is 1.72. The Hall–Kier alpha value is -2.96. The second-order valence-corrected chi connectivity index (χ2v) is 7.06. The molecule has 2 N–H and O–H groups in total. The molecule has 0 aliphatic heterocycles. The summed E-state index contributed by atoms with van der Waals surface area (Å²) in [5, 5.41) is 6.43. The molecule has 27 heavy (non-hydrogen) atoms. The number of benzene rings is 2. The third-order valence-corrected chi connectivity index (χ3v) is 4.89. The van der Waals surface area contributed by atoms with E-state index in [9.17, 15) is 9.59 Å². The summed E-state index contributed by atoms with van der Waals surface area (Å²) < 4.78 is 0. The van der Waals surface area contributed by atoms with Crippen LogP contribution >= 0.6 is 22.9 Å². The molecule has 2 amide bonds. The van der Waals surface area contributed by atoms with Crippen molar-refractivity contribution < 1.29 is 9.59 Å². The molecule has 0 aliphatic rings. The molecule has 3 aromatic rings. The second-order valence-electron chi connectivity index (χ2n) is 5.63. The van der Waals surface area contributed by atoms with Gasteiger partial charge in [-0.15, -0.1) is 0 Å². The molecule has 0 bridgehead atoms. The lowest BCUT2D eigenvalue weighted by Gasteiger charge is -2.03. The topological polar surface area (TPSA) is 71.1 Å². The fraction of sp³-hybridized carbons (Fsp3) is 0.0500. The van der Waals surface area contributed by atoms with Gasteiger partial charge in [-0.25, -0.2) is 4.98 Å². The summed E-state index contributed by atoms with van der Waals surface area (Å²) in [6, 6.07) is 16.3. The molecule has 1 aromatic heterocycles. The lowest BCUT2D eigenvalue weighted by molar-refractivity contribution is -0.111. The number of aryl methyl sites for hydroxylation is 1. The Morgan fingerprint density at radius 2 is 1.74 bits per heavy atom. The van der Waals surface area contributed by atoms with Crippen molar-refractivity contribution in [1.82, 2.24) is 4.98 Å². The number of amides is 2. The molecule has 1 heterocycles. The van der Waals surface area contributed by atoms with Crippen molar-refractivity contribution in [2.45, 2.75) is 6.92 Å². The molecular weight excluding hydrogens is 382 g/mol. The molecule has 3 rings (SSSR count). The van der Waals surface area contributed by atoms with Gasteiger partial charge >= 0.3 is 0 Å². The van der Waals surface area contributed by atoms with Gasteiger partial charge in [0.2, 0.25) is 5.91 Å². The molecule has 0 atom stereocenters. The quantitative estimate of drug-likeness (QED) is 0.594. The molecule has 136 valence electrons. The number of hydrogen-bond acceptors (Lipinski definition) is 4. The van der Waals surface area contributed by atoms with Crippen LogP contribution in [0.5, 0.6) is 0 Å². The first kappa shape index (κ1) is 18.8. The average molecular weight is 398 g/mol. The normalized spacial score (nSPS) is 10.7. The van der Waals surface area contributed by atoms with Gasteiger partial charge in [-0.2, -0.15) is 0 Å². The highest BCUT2D eigenvalue weighted by Gasteiger charge is 2.16. The molecule has 0 saturated heterocycles. The van der Waals surface area contributed by atoms with Crippen LogP contribution in [0.1, 0.15) is 20.9 Å². The maximum atomic E-state index is 12.4. The molecule has 2 aromatic carbocycles. The van der Waals surface area contributed by atoms with Gasteiger partial charge in [0.25, 0.3) is 5.91 Å². The standard InChI is InChI=1S/C20H16ClN3O2S/c1-13-18(19(26)23-16-10-8-15(21)9-11-16)27-20(22-13)24-17(25)12-7-14-5-3-2-4-6-14/h2-12H,1H3,(H,23,26)(H,22,24,25)/b12-7+. The van der Waals surface area contributed by atoms with E-state index in [0.717, 1.165) is 16.9 Å². The Morgan fingerprint density at radius 3 is 2.44 bits per heavy atom. The number of rotatable bonds is 5. The van der Waals surface area contributed by atoms with Crippen molar-refractivity contribution in [3.05, 3.63) is 81.8 Å². The first-order valence-electron chi connectivity index (χ1n) is 8.10. The van der Waals surface area contributed by atoms with Gasteiger partial charge in [0.1, 0.15) is 4.88 Å². The summed E-state index contributed by atoms with van der Waals surface area (Å²) in [7, 11) is 0. The van der Waals surface area contributed by atoms with Crippen LogP contribution in [0.15, 0.2) is 60.7 Å². The number of nitrogens with one attached hydrogen (secondary N) is 2. The van der Waals surface area contributed by atoms with Crippen LogP contribution in [-0.2, 0) is 4.79 Å². The summed E-state index contributed by atoms with van der Waals surface area (Å²) >= 11 is 6.97. The van der Waals surface area contributed by atoms with Crippen LogP contribution in [0.4, 0.5) is 10.8 Å². The molecule has 0 radical (unpaired) electrons. The Bertz CT molecular complexity index is 982. The van der Waals surface area contributed by atoms with Crippen LogP contribution < -0.4 is 10.6 Å². The van der Waals surface area contributed by atoms with E-state index in [1.165, 1.54) is 6.08 Å². The van der Waals surface area contributed by atoms with E-state index in [2.05, 4.69) is 15.6 Å². The molecule has 5 nitrogen and oxygen atoms in total. The largest absolute Gasteiger partial charge is 0.321 e. The highest BCUT2D eigenvalue weighted by Crippen LogP contribution is 2.24. The highest BCUT2D eigenvalue weighted by molar-refractivity contribution is 7.17. The van der Waals surface area contributed by atoms with Crippen molar-refractivity contribution in [3.63, 3.8) is 0 Å². The Morgan fingerprint density at radius 1 is 1.04 bits per heavy atom. The number of thiazole rings is 1. The number of hydrogen-bond donors (Lipinski definition) is 2. The lowest BCUT2D eigenvalue weighted by Crippen LogP contribution is -2.11. The maximum Gasteiger partial charge on any atom is 0.267 e. The lowest BCUT2D eigenvalue weighted by atomic mass is 10.2. The number of halogens is 1. The number of aromatic nitrogens is 1. The van der Waals surface area contributed by atoms with Gasteiger partial charge in [-0.3, -0.25) is 14.9 Å². The number of nitrogens with zero attached hydrogens (tertiary/aromatic N) is 1. The van der Waals surface area contributed by atoms with E-state index >= 15 is 0 Å².